The van der Waals surface area contributed by atoms with Gasteiger partial charge in [0.2, 0.25) is 0 Å². The van der Waals surface area contributed by atoms with Crippen molar-refractivity contribution < 1.29 is 9.53 Å². The van der Waals surface area contributed by atoms with Gasteiger partial charge in [0.15, 0.2) is 0 Å². The average molecular weight is 283 g/mol. The van der Waals surface area contributed by atoms with E-state index in [9.17, 15) is 4.79 Å². The molecule has 0 unspecified atom stereocenters. The molecule has 1 N–H and O–H groups in total. The van der Waals surface area contributed by atoms with Crippen LogP contribution in [0.4, 0.5) is 0 Å². The minimum Gasteiger partial charge on any atom is -0.377 e. The number of benzene rings is 2. The van der Waals surface area contributed by atoms with Gasteiger partial charge < -0.3 is 10.1 Å². The van der Waals surface area contributed by atoms with Crippen molar-refractivity contribution in [3.8, 4) is 0 Å². The van der Waals surface area contributed by atoms with E-state index in [1.54, 1.807) is 0 Å². The van der Waals surface area contributed by atoms with Gasteiger partial charge in [-0.2, -0.15) is 0 Å². The van der Waals surface area contributed by atoms with Crippen molar-refractivity contribution in [3.05, 3.63) is 70.8 Å². The van der Waals surface area contributed by atoms with E-state index in [4.69, 9.17) is 4.74 Å². The fourth-order valence-electron chi connectivity index (χ4n) is 2.15. The van der Waals surface area contributed by atoms with Crippen LogP contribution in [-0.2, 0) is 17.9 Å². The van der Waals surface area contributed by atoms with Crippen molar-refractivity contribution in [3.63, 3.8) is 0 Å². The first kappa shape index (κ1) is 15.3. The third kappa shape index (κ3) is 4.43. The lowest BCUT2D eigenvalue weighted by atomic mass is 10.1. The highest BCUT2D eigenvalue weighted by molar-refractivity contribution is 5.94. The summed E-state index contributed by atoms with van der Waals surface area (Å²) in [5.41, 5.74) is 3.98. The summed E-state index contributed by atoms with van der Waals surface area (Å²) in [7, 11) is 0. The molecule has 110 valence electrons. The molecule has 2 aromatic carbocycles. The predicted octanol–water partition coefficient (Wildman–Crippen LogP) is 3.46. The van der Waals surface area contributed by atoms with Gasteiger partial charge in [0.05, 0.1) is 6.61 Å². The second kappa shape index (κ2) is 7.60. The van der Waals surface area contributed by atoms with Crippen molar-refractivity contribution in [2.75, 3.05) is 6.61 Å². The Morgan fingerprint density at radius 3 is 2.57 bits per heavy atom. The Balaban J connectivity index is 2.01. The number of hydrogen-bond donors (Lipinski definition) is 1. The first-order valence-corrected chi connectivity index (χ1v) is 7.20. The lowest BCUT2D eigenvalue weighted by molar-refractivity contribution is 0.0949. The topological polar surface area (TPSA) is 38.3 Å². The van der Waals surface area contributed by atoms with Crippen molar-refractivity contribution in [1.82, 2.24) is 5.32 Å². The molecule has 0 aliphatic carbocycles. The highest BCUT2D eigenvalue weighted by atomic mass is 16.5. The number of aryl methyl sites for hydroxylation is 1. The van der Waals surface area contributed by atoms with E-state index in [0.29, 0.717) is 25.3 Å². The van der Waals surface area contributed by atoms with Crippen molar-refractivity contribution in [2.24, 2.45) is 0 Å². The molecule has 0 spiro atoms. The van der Waals surface area contributed by atoms with Gasteiger partial charge in [0, 0.05) is 18.7 Å². The minimum atomic E-state index is -0.0510. The van der Waals surface area contributed by atoms with Gasteiger partial charge in [-0.05, 0) is 37.1 Å². The van der Waals surface area contributed by atoms with Gasteiger partial charge in [-0.3, -0.25) is 4.79 Å². The molecule has 3 nitrogen and oxygen atoms in total. The maximum Gasteiger partial charge on any atom is 0.251 e. The molecule has 21 heavy (non-hydrogen) atoms. The molecule has 0 atom stereocenters. The molecular formula is C18H21NO2. The second-order valence-electron chi connectivity index (χ2n) is 4.96. The molecule has 0 saturated heterocycles. The van der Waals surface area contributed by atoms with Gasteiger partial charge in [-0.25, -0.2) is 0 Å². The molecule has 0 bridgehead atoms. The molecule has 0 radical (unpaired) electrons. The average Bonchev–Trinajstić information content (AvgIpc) is 2.51. The third-order valence-corrected chi connectivity index (χ3v) is 3.30. The molecule has 0 saturated carbocycles. The summed E-state index contributed by atoms with van der Waals surface area (Å²) in [5, 5.41) is 2.96. The molecule has 3 heteroatoms. The summed E-state index contributed by atoms with van der Waals surface area (Å²) in [6.45, 7) is 5.73. The van der Waals surface area contributed by atoms with E-state index in [1.165, 1.54) is 0 Å². The van der Waals surface area contributed by atoms with E-state index >= 15 is 0 Å². The molecule has 0 fully saturated rings. The number of amides is 1. The molecule has 2 rings (SSSR count). The monoisotopic (exact) mass is 283 g/mol. The molecular weight excluding hydrogens is 262 g/mol. The fourth-order valence-corrected chi connectivity index (χ4v) is 2.15. The smallest absolute Gasteiger partial charge is 0.251 e. The van der Waals surface area contributed by atoms with Crippen LogP contribution in [-0.4, -0.2) is 12.5 Å². The van der Waals surface area contributed by atoms with E-state index in [1.807, 2.05) is 62.4 Å². The zero-order chi connectivity index (χ0) is 15.1. The van der Waals surface area contributed by atoms with E-state index < -0.39 is 0 Å². The van der Waals surface area contributed by atoms with Crippen molar-refractivity contribution in [1.29, 1.82) is 0 Å². The summed E-state index contributed by atoms with van der Waals surface area (Å²) >= 11 is 0. The molecule has 2 aromatic rings. The molecule has 0 aromatic heterocycles. The Bertz CT molecular complexity index is 608. The lowest BCUT2D eigenvalue weighted by Crippen LogP contribution is -2.23. The molecule has 0 heterocycles. The quantitative estimate of drug-likeness (QED) is 0.881. The van der Waals surface area contributed by atoms with Crippen molar-refractivity contribution >= 4 is 5.91 Å². The molecule has 1 amide bonds. The summed E-state index contributed by atoms with van der Waals surface area (Å²) in [6.07, 6.45) is 0. The van der Waals surface area contributed by atoms with Crippen LogP contribution in [0.5, 0.6) is 0 Å². The Morgan fingerprint density at radius 1 is 1.10 bits per heavy atom. The predicted molar refractivity (Wildman–Crippen MR) is 84.1 cm³/mol. The highest BCUT2D eigenvalue weighted by Gasteiger charge is 2.07. The van der Waals surface area contributed by atoms with Crippen LogP contribution >= 0.6 is 0 Å². The Hall–Kier alpha value is -2.13. The summed E-state index contributed by atoms with van der Waals surface area (Å²) < 4.78 is 5.45. The van der Waals surface area contributed by atoms with E-state index in [-0.39, 0.29) is 5.91 Å². The zero-order valence-electron chi connectivity index (χ0n) is 12.6. The van der Waals surface area contributed by atoms with Crippen LogP contribution < -0.4 is 5.32 Å². The van der Waals surface area contributed by atoms with Crippen LogP contribution in [0.3, 0.4) is 0 Å². The number of carbonyl (C=O) groups excluding carboxylic acids is 1. The van der Waals surface area contributed by atoms with Crippen LogP contribution in [0.2, 0.25) is 0 Å². The van der Waals surface area contributed by atoms with E-state index in [0.717, 1.165) is 16.7 Å². The van der Waals surface area contributed by atoms with Crippen LogP contribution in [0, 0.1) is 6.92 Å². The van der Waals surface area contributed by atoms with Gasteiger partial charge >= 0.3 is 0 Å². The maximum absolute atomic E-state index is 12.2. The van der Waals surface area contributed by atoms with Gasteiger partial charge in [-0.15, -0.1) is 0 Å². The fraction of sp³-hybridized carbons (Fsp3) is 0.278. The summed E-state index contributed by atoms with van der Waals surface area (Å²) in [6, 6.07) is 15.6. The number of carbonyl (C=O) groups is 1. The number of rotatable bonds is 6. The standard InChI is InChI=1S/C18H21NO2/c1-3-21-13-17-9-5-4-8-16(17)12-19-18(20)15-10-6-7-14(2)11-15/h4-11H,3,12-13H2,1-2H3,(H,19,20). The normalized spacial score (nSPS) is 10.4. The number of nitrogens with one attached hydrogen (secondary N) is 1. The molecule has 0 aliphatic heterocycles. The number of ether oxygens (including phenoxy) is 1. The Labute approximate surface area is 126 Å². The second-order valence-corrected chi connectivity index (χ2v) is 4.96. The minimum absolute atomic E-state index is 0.0510. The highest BCUT2D eigenvalue weighted by Crippen LogP contribution is 2.11. The summed E-state index contributed by atoms with van der Waals surface area (Å²) in [4.78, 5) is 12.2. The van der Waals surface area contributed by atoms with E-state index in [2.05, 4.69) is 5.32 Å². The van der Waals surface area contributed by atoms with Gasteiger partial charge in [0.25, 0.3) is 5.91 Å². The SMILES string of the molecule is CCOCc1ccccc1CNC(=O)c1cccc(C)c1. The Kier molecular flexibility index (Phi) is 5.52. The largest absolute Gasteiger partial charge is 0.377 e. The van der Waals surface area contributed by atoms with Crippen molar-refractivity contribution in [2.45, 2.75) is 27.0 Å². The first-order valence-electron chi connectivity index (χ1n) is 7.20. The summed E-state index contributed by atoms with van der Waals surface area (Å²) in [5.74, 6) is -0.0510. The first-order chi connectivity index (χ1) is 10.2. The molecule has 0 aliphatic rings. The van der Waals surface area contributed by atoms with Gasteiger partial charge in [-0.1, -0.05) is 42.0 Å². The van der Waals surface area contributed by atoms with Gasteiger partial charge in [0.1, 0.15) is 0 Å². The Morgan fingerprint density at radius 2 is 1.86 bits per heavy atom. The number of hydrogen-bond acceptors (Lipinski definition) is 2. The third-order valence-electron chi connectivity index (χ3n) is 3.30. The lowest BCUT2D eigenvalue weighted by Gasteiger charge is -2.11. The van der Waals surface area contributed by atoms with Crippen LogP contribution in [0.1, 0.15) is 34.0 Å². The zero-order valence-corrected chi connectivity index (χ0v) is 12.6. The maximum atomic E-state index is 12.2. The van der Waals surface area contributed by atoms with Crippen LogP contribution in [0.25, 0.3) is 0 Å². The van der Waals surface area contributed by atoms with Crippen LogP contribution in [0.15, 0.2) is 48.5 Å².